The Bertz CT molecular complexity index is 503. The predicted octanol–water partition coefficient (Wildman–Crippen LogP) is 3.34. The van der Waals surface area contributed by atoms with Crippen molar-refractivity contribution < 1.29 is 0 Å². The number of piperidine rings is 1. The number of benzene rings is 1. The van der Waals surface area contributed by atoms with E-state index in [1.54, 1.807) is 0 Å². The molecule has 1 fully saturated rings. The Morgan fingerprint density at radius 3 is 2.57 bits per heavy atom. The molecule has 1 aromatic carbocycles. The molecule has 2 aliphatic heterocycles. The number of hydrogen-bond donors (Lipinski definition) is 2. The molecule has 3 rings (SSSR count). The molecule has 3 nitrogen and oxygen atoms in total. The van der Waals surface area contributed by atoms with E-state index in [1.807, 2.05) is 11.9 Å². The molecule has 0 radical (unpaired) electrons. The van der Waals surface area contributed by atoms with E-state index in [1.165, 1.54) is 24.1 Å². The maximum Gasteiger partial charge on any atom is 0.0674 e. The predicted molar refractivity (Wildman–Crippen MR) is 92.9 cm³/mol. The molecule has 4 heteroatoms. The van der Waals surface area contributed by atoms with Gasteiger partial charge in [-0.05, 0) is 58.3 Å². The fourth-order valence-electron chi connectivity index (χ4n) is 3.65. The number of hydrogen-bond acceptors (Lipinski definition) is 4. The summed E-state index contributed by atoms with van der Waals surface area (Å²) in [7, 11) is 2.27. The van der Waals surface area contributed by atoms with E-state index in [0.717, 1.165) is 13.1 Å². The fraction of sp³-hybridized carbons (Fsp3) is 0.647. The summed E-state index contributed by atoms with van der Waals surface area (Å²) in [5, 5.41) is 3.51. The Hall–Kier alpha value is -0.710. The maximum absolute atomic E-state index is 3.82. The average molecular weight is 305 g/mol. The van der Waals surface area contributed by atoms with E-state index < -0.39 is 0 Å². The first-order chi connectivity index (χ1) is 9.94. The van der Waals surface area contributed by atoms with Gasteiger partial charge in [-0.2, -0.15) is 0 Å². The van der Waals surface area contributed by atoms with Gasteiger partial charge in [0.15, 0.2) is 0 Å². The van der Waals surface area contributed by atoms with Gasteiger partial charge in [0.05, 0.1) is 11.6 Å². The standard InChI is InChI=1S/C17H27N3S/c1-16(2,3)21-19-15-13-7-5-6-8-14(13)20(4)17(15)9-11-18-12-10-17/h5-8,15,18-19H,9-12H2,1-4H3/t15-/m1/s1. The van der Waals surface area contributed by atoms with Crippen LogP contribution in [0.15, 0.2) is 24.3 Å². The second-order valence-electron chi connectivity index (χ2n) is 7.24. The van der Waals surface area contributed by atoms with Crippen molar-refractivity contribution in [2.75, 3.05) is 25.0 Å². The highest BCUT2D eigenvalue weighted by molar-refractivity contribution is 7.98. The molecule has 2 N–H and O–H groups in total. The fourth-order valence-corrected chi connectivity index (χ4v) is 4.47. The van der Waals surface area contributed by atoms with Crippen molar-refractivity contribution in [2.45, 2.75) is 49.9 Å². The second kappa shape index (κ2) is 5.49. The van der Waals surface area contributed by atoms with E-state index in [4.69, 9.17) is 0 Å². The Morgan fingerprint density at radius 2 is 1.90 bits per heavy atom. The first-order valence-corrected chi connectivity index (χ1v) is 8.73. The van der Waals surface area contributed by atoms with Gasteiger partial charge >= 0.3 is 0 Å². The van der Waals surface area contributed by atoms with Crippen LogP contribution >= 0.6 is 11.9 Å². The van der Waals surface area contributed by atoms with Gasteiger partial charge in [0.25, 0.3) is 0 Å². The highest BCUT2D eigenvalue weighted by Gasteiger charge is 2.50. The van der Waals surface area contributed by atoms with Crippen molar-refractivity contribution in [1.29, 1.82) is 0 Å². The van der Waals surface area contributed by atoms with Gasteiger partial charge in [-0.25, -0.2) is 0 Å². The van der Waals surface area contributed by atoms with Crippen LogP contribution in [-0.2, 0) is 0 Å². The van der Waals surface area contributed by atoms with Crippen LogP contribution in [0.5, 0.6) is 0 Å². The summed E-state index contributed by atoms with van der Waals surface area (Å²) < 4.78 is 4.04. The molecule has 0 saturated carbocycles. The van der Waals surface area contributed by atoms with Crippen molar-refractivity contribution in [3.05, 3.63) is 29.8 Å². The van der Waals surface area contributed by atoms with Crippen LogP contribution in [0.1, 0.15) is 45.2 Å². The molecule has 0 bridgehead atoms. The third-order valence-corrected chi connectivity index (χ3v) is 5.73. The quantitative estimate of drug-likeness (QED) is 0.820. The van der Waals surface area contributed by atoms with E-state index in [2.05, 4.69) is 67.0 Å². The zero-order valence-electron chi connectivity index (χ0n) is 13.6. The first-order valence-electron chi connectivity index (χ1n) is 7.91. The molecule has 116 valence electrons. The van der Waals surface area contributed by atoms with E-state index in [9.17, 15) is 0 Å². The Morgan fingerprint density at radius 1 is 1.24 bits per heavy atom. The summed E-state index contributed by atoms with van der Waals surface area (Å²) in [6.07, 6.45) is 2.39. The van der Waals surface area contributed by atoms with Crippen LogP contribution in [0.2, 0.25) is 0 Å². The van der Waals surface area contributed by atoms with Gasteiger partial charge in [0.2, 0.25) is 0 Å². The number of rotatable bonds is 2. The maximum atomic E-state index is 3.82. The summed E-state index contributed by atoms with van der Waals surface area (Å²) in [6.45, 7) is 9.02. The molecular formula is C17H27N3S. The van der Waals surface area contributed by atoms with Crippen molar-refractivity contribution >= 4 is 17.6 Å². The number of fused-ring (bicyclic) bond motifs is 1. The third kappa shape index (κ3) is 2.69. The van der Waals surface area contributed by atoms with Crippen molar-refractivity contribution in [3.63, 3.8) is 0 Å². The number of anilines is 1. The molecule has 21 heavy (non-hydrogen) atoms. The minimum atomic E-state index is 0.215. The molecular weight excluding hydrogens is 278 g/mol. The SMILES string of the molecule is CN1c2ccccc2[C@@H](NSC(C)(C)C)C12CCNCC2. The minimum Gasteiger partial charge on any atom is -0.367 e. The lowest BCUT2D eigenvalue weighted by molar-refractivity contribution is 0.258. The summed E-state index contributed by atoms with van der Waals surface area (Å²) in [5.41, 5.74) is 3.07. The molecule has 0 aliphatic carbocycles. The van der Waals surface area contributed by atoms with Crippen LogP contribution < -0.4 is 14.9 Å². The summed E-state index contributed by atoms with van der Waals surface area (Å²) in [4.78, 5) is 2.53. The molecule has 2 heterocycles. The monoisotopic (exact) mass is 305 g/mol. The normalized spacial score (nSPS) is 24.4. The molecule has 2 aliphatic rings. The van der Waals surface area contributed by atoms with Gasteiger partial charge in [-0.15, -0.1) is 0 Å². The van der Waals surface area contributed by atoms with Crippen molar-refractivity contribution in [3.8, 4) is 0 Å². The number of nitrogens with one attached hydrogen (secondary N) is 2. The van der Waals surface area contributed by atoms with Gasteiger partial charge < -0.3 is 10.2 Å². The number of para-hydroxylation sites is 1. The molecule has 1 spiro atoms. The summed E-state index contributed by atoms with van der Waals surface area (Å²) >= 11 is 1.87. The van der Waals surface area contributed by atoms with Crippen LogP contribution in [0.4, 0.5) is 5.69 Å². The molecule has 1 atom stereocenters. The lowest BCUT2D eigenvalue weighted by Gasteiger charge is -2.45. The molecule has 0 amide bonds. The van der Waals surface area contributed by atoms with Gasteiger partial charge in [0.1, 0.15) is 0 Å². The van der Waals surface area contributed by atoms with Gasteiger partial charge in [-0.3, -0.25) is 4.72 Å². The lowest BCUT2D eigenvalue weighted by Crippen LogP contribution is -2.56. The topological polar surface area (TPSA) is 27.3 Å². The van der Waals surface area contributed by atoms with Crippen LogP contribution in [-0.4, -0.2) is 30.4 Å². The Balaban J connectivity index is 1.95. The zero-order chi connectivity index (χ0) is 15.1. The smallest absolute Gasteiger partial charge is 0.0674 e. The van der Waals surface area contributed by atoms with Gasteiger partial charge in [-0.1, -0.05) is 30.1 Å². The van der Waals surface area contributed by atoms with Crippen LogP contribution in [0.3, 0.4) is 0 Å². The molecule has 1 aromatic rings. The van der Waals surface area contributed by atoms with Crippen molar-refractivity contribution in [2.24, 2.45) is 0 Å². The molecule has 1 saturated heterocycles. The van der Waals surface area contributed by atoms with E-state index >= 15 is 0 Å². The second-order valence-corrected chi connectivity index (χ2v) is 8.90. The molecule has 0 unspecified atom stereocenters. The van der Waals surface area contributed by atoms with Crippen LogP contribution in [0, 0.1) is 0 Å². The van der Waals surface area contributed by atoms with E-state index in [-0.39, 0.29) is 10.3 Å². The summed E-state index contributed by atoms with van der Waals surface area (Å²) in [6, 6.07) is 9.29. The number of nitrogens with zero attached hydrogens (tertiary/aromatic N) is 1. The highest BCUT2D eigenvalue weighted by Crippen LogP contribution is 2.50. The Kier molecular flexibility index (Phi) is 3.97. The Labute approximate surface area is 133 Å². The van der Waals surface area contributed by atoms with Gasteiger partial charge in [0, 0.05) is 17.5 Å². The van der Waals surface area contributed by atoms with E-state index in [0.29, 0.717) is 6.04 Å². The highest BCUT2D eigenvalue weighted by atomic mass is 32.2. The summed E-state index contributed by atoms with van der Waals surface area (Å²) in [5.74, 6) is 0. The largest absolute Gasteiger partial charge is 0.367 e. The average Bonchev–Trinajstić information content (AvgIpc) is 2.67. The zero-order valence-corrected chi connectivity index (χ0v) is 14.4. The third-order valence-electron chi connectivity index (χ3n) is 4.77. The minimum absolute atomic E-state index is 0.215. The molecule has 0 aromatic heterocycles. The lowest BCUT2D eigenvalue weighted by atomic mass is 9.81. The number of likely N-dealkylation sites (N-methyl/N-ethyl adjacent to an activating group) is 1. The van der Waals surface area contributed by atoms with Crippen LogP contribution in [0.25, 0.3) is 0 Å². The first kappa shape index (κ1) is 15.2. The van der Waals surface area contributed by atoms with Crippen molar-refractivity contribution in [1.82, 2.24) is 10.0 Å².